The van der Waals surface area contributed by atoms with Crippen LogP contribution in [0, 0.1) is 11.3 Å². The number of rotatable bonds is 6. The van der Waals surface area contributed by atoms with Crippen LogP contribution < -0.4 is 0 Å². The van der Waals surface area contributed by atoms with Crippen LogP contribution in [-0.4, -0.2) is 29.7 Å². The Morgan fingerprint density at radius 2 is 2.12 bits per heavy atom. The third-order valence-electron chi connectivity index (χ3n) is 1.90. The van der Waals surface area contributed by atoms with E-state index in [1.54, 1.807) is 24.4 Å². The molecule has 0 atom stereocenters. The van der Waals surface area contributed by atoms with Crippen LogP contribution in [0.1, 0.15) is 25.1 Å². The number of hydrogen-bond donors (Lipinski definition) is 0. The van der Waals surface area contributed by atoms with Gasteiger partial charge in [0.25, 0.3) is 0 Å². The van der Waals surface area contributed by atoms with Crippen molar-refractivity contribution in [2.24, 2.45) is 0 Å². The minimum atomic E-state index is -0.372. The van der Waals surface area contributed by atoms with Crippen LogP contribution in [0.15, 0.2) is 18.3 Å². The van der Waals surface area contributed by atoms with Gasteiger partial charge in [-0.05, 0) is 31.6 Å². The summed E-state index contributed by atoms with van der Waals surface area (Å²) in [5, 5.41) is 16.1. The molecule has 0 bridgehead atoms. The first kappa shape index (κ1) is 13.3. The van der Waals surface area contributed by atoms with Gasteiger partial charge in [-0.1, -0.05) is 6.08 Å². The highest BCUT2D eigenvalue weighted by Gasteiger charge is 2.02. The van der Waals surface area contributed by atoms with Gasteiger partial charge in [-0.3, -0.25) is 0 Å². The van der Waals surface area contributed by atoms with Gasteiger partial charge in [0.1, 0.15) is 6.07 Å². The lowest BCUT2D eigenvalue weighted by Gasteiger charge is -2.12. The molecule has 5 heteroatoms. The maximum absolute atomic E-state index is 8.68. The van der Waals surface area contributed by atoms with E-state index in [-0.39, 0.29) is 12.0 Å². The van der Waals surface area contributed by atoms with Crippen LogP contribution in [-0.2, 0) is 9.47 Å². The lowest BCUT2D eigenvalue weighted by atomic mass is 10.2. The van der Waals surface area contributed by atoms with Crippen LogP contribution >= 0.6 is 0 Å². The molecule has 1 aromatic heterocycles. The average Bonchev–Trinajstić information content (AvgIpc) is 2.37. The molecule has 0 saturated heterocycles. The normalized spacial score (nSPS) is 10.9. The molecule has 0 radical (unpaired) electrons. The van der Waals surface area contributed by atoms with Crippen molar-refractivity contribution in [1.29, 1.82) is 5.26 Å². The van der Waals surface area contributed by atoms with Gasteiger partial charge in [0.05, 0.1) is 6.20 Å². The van der Waals surface area contributed by atoms with Crippen molar-refractivity contribution in [1.82, 2.24) is 10.2 Å². The third-order valence-corrected chi connectivity index (χ3v) is 1.90. The largest absolute Gasteiger partial charge is 0.349 e. The van der Waals surface area contributed by atoms with E-state index in [1.165, 1.54) is 0 Å². The van der Waals surface area contributed by atoms with Crippen molar-refractivity contribution in [3.63, 3.8) is 0 Å². The van der Waals surface area contributed by atoms with Crippen molar-refractivity contribution >= 4 is 6.08 Å². The highest BCUT2D eigenvalue weighted by molar-refractivity contribution is 5.49. The number of hydrogen-bond acceptors (Lipinski definition) is 5. The molecule has 0 saturated carbocycles. The van der Waals surface area contributed by atoms with E-state index >= 15 is 0 Å². The fourth-order valence-electron chi connectivity index (χ4n) is 1.20. The van der Waals surface area contributed by atoms with Crippen LogP contribution in [0.5, 0.6) is 0 Å². The summed E-state index contributed by atoms with van der Waals surface area (Å²) in [4.78, 5) is 0. The zero-order chi connectivity index (χ0) is 12.5. The van der Waals surface area contributed by atoms with E-state index in [0.717, 1.165) is 5.56 Å². The average molecular weight is 233 g/mol. The van der Waals surface area contributed by atoms with Crippen LogP contribution in [0.3, 0.4) is 0 Å². The third kappa shape index (κ3) is 4.72. The fourth-order valence-corrected chi connectivity index (χ4v) is 1.20. The molecule has 1 aromatic rings. The molecule has 0 aliphatic carbocycles. The van der Waals surface area contributed by atoms with E-state index in [0.29, 0.717) is 13.2 Å². The molecule has 0 N–H and O–H groups in total. The SMILES string of the molecule is CCOC(/C=C/c1cnnc(C#N)c1)OCC. The Kier molecular flexibility index (Phi) is 5.86. The quantitative estimate of drug-likeness (QED) is 0.700. The Labute approximate surface area is 101 Å². The molecule has 0 spiro atoms. The summed E-state index contributed by atoms with van der Waals surface area (Å²) >= 11 is 0. The van der Waals surface area contributed by atoms with Crippen molar-refractivity contribution < 1.29 is 9.47 Å². The van der Waals surface area contributed by atoms with E-state index in [4.69, 9.17) is 14.7 Å². The van der Waals surface area contributed by atoms with Crippen molar-refractivity contribution in [2.75, 3.05) is 13.2 Å². The molecule has 1 rings (SSSR count). The molecule has 17 heavy (non-hydrogen) atoms. The molecule has 0 aromatic carbocycles. The summed E-state index contributed by atoms with van der Waals surface area (Å²) in [5.74, 6) is 0. The van der Waals surface area contributed by atoms with E-state index in [9.17, 15) is 0 Å². The van der Waals surface area contributed by atoms with Gasteiger partial charge in [-0.25, -0.2) is 0 Å². The molecular formula is C12H15N3O2. The molecule has 90 valence electrons. The van der Waals surface area contributed by atoms with Crippen molar-refractivity contribution in [3.05, 3.63) is 29.6 Å². The minimum Gasteiger partial charge on any atom is -0.349 e. The second-order valence-corrected chi connectivity index (χ2v) is 3.12. The van der Waals surface area contributed by atoms with Gasteiger partial charge < -0.3 is 9.47 Å². The Morgan fingerprint density at radius 1 is 1.41 bits per heavy atom. The van der Waals surface area contributed by atoms with Crippen molar-refractivity contribution in [2.45, 2.75) is 20.1 Å². The maximum Gasteiger partial charge on any atom is 0.177 e. The Bertz CT molecular complexity index is 406. The minimum absolute atomic E-state index is 0.288. The highest BCUT2D eigenvalue weighted by atomic mass is 16.7. The topological polar surface area (TPSA) is 68.0 Å². The Hall–Kier alpha value is -1.77. The van der Waals surface area contributed by atoms with Crippen LogP contribution in [0.25, 0.3) is 6.08 Å². The lowest BCUT2D eigenvalue weighted by Crippen LogP contribution is -2.13. The molecular weight excluding hydrogens is 218 g/mol. The first-order chi connectivity index (χ1) is 8.30. The number of nitrogens with zero attached hydrogens (tertiary/aromatic N) is 3. The highest BCUT2D eigenvalue weighted by Crippen LogP contribution is 2.05. The van der Waals surface area contributed by atoms with Gasteiger partial charge >= 0.3 is 0 Å². The first-order valence-electron chi connectivity index (χ1n) is 5.44. The fraction of sp³-hybridized carbons (Fsp3) is 0.417. The van der Waals surface area contributed by atoms with Crippen LogP contribution in [0.4, 0.5) is 0 Å². The molecule has 0 aliphatic rings. The maximum atomic E-state index is 8.68. The van der Waals surface area contributed by atoms with Gasteiger partial charge in [-0.15, -0.1) is 5.10 Å². The molecule has 0 amide bonds. The number of nitriles is 1. The summed E-state index contributed by atoms with van der Waals surface area (Å²) in [6.45, 7) is 4.96. The van der Waals surface area contributed by atoms with Crippen LogP contribution in [0.2, 0.25) is 0 Å². The molecule has 0 unspecified atom stereocenters. The zero-order valence-electron chi connectivity index (χ0n) is 9.96. The molecule has 0 fully saturated rings. The molecule has 1 heterocycles. The Balaban J connectivity index is 2.70. The van der Waals surface area contributed by atoms with Crippen molar-refractivity contribution in [3.8, 4) is 6.07 Å². The van der Waals surface area contributed by atoms with E-state index in [1.807, 2.05) is 19.9 Å². The molecule has 0 aliphatic heterocycles. The van der Waals surface area contributed by atoms with E-state index < -0.39 is 0 Å². The predicted octanol–water partition coefficient (Wildman–Crippen LogP) is 1.76. The number of ether oxygens (including phenoxy) is 2. The standard InChI is InChI=1S/C12H15N3O2/c1-3-16-12(17-4-2)6-5-10-7-11(8-13)15-14-9-10/h5-7,9,12H,3-4H2,1-2H3/b6-5+. The summed E-state index contributed by atoms with van der Waals surface area (Å²) in [6.07, 6.45) is 4.78. The molecule has 5 nitrogen and oxygen atoms in total. The lowest BCUT2D eigenvalue weighted by molar-refractivity contribution is -0.103. The zero-order valence-corrected chi connectivity index (χ0v) is 9.96. The summed E-state index contributed by atoms with van der Waals surface area (Å²) in [5.41, 5.74) is 1.08. The summed E-state index contributed by atoms with van der Waals surface area (Å²) < 4.78 is 10.7. The first-order valence-corrected chi connectivity index (χ1v) is 5.44. The summed E-state index contributed by atoms with van der Waals surface area (Å²) in [7, 11) is 0. The predicted molar refractivity (Wildman–Crippen MR) is 62.8 cm³/mol. The Morgan fingerprint density at radius 3 is 2.71 bits per heavy atom. The number of aromatic nitrogens is 2. The van der Waals surface area contributed by atoms with Gasteiger partial charge in [0.15, 0.2) is 12.0 Å². The van der Waals surface area contributed by atoms with Gasteiger partial charge in [-0.2, -0.15) is 10.4 Å². The monoisotopic (exact) mass is 233 g/mol. The van der Waals surface area contributed by atoms with Gasteiger partial charge in [0.2, 0.25) is 0 Å². The second kappa shape index (κ2) is 7.49. The smallest absolute Gasteiger partial charge is 0.177 e. The second-order valence-electron chi connectivity index (χ2n) is 3.12. The summed E-state index contributed by atoms with van der Waals surface area (Å²) in [6, 6.07) is 3.59. The van der Waals surface area contributed by atoms with Gasteiger partial charge in [0, 0.05) is 13.2 Å². The van der Waals surface area contributed by atoms with E-state index in [2.05, 4.69) is 10.2 Å².